The lowest BCUT2D eigenvalue weighted by molar-refractivity contribution is -0.742. The van der Waals surface area contributed by atoms with E-state index in [4.69, 9.17) is 4.74 Å². The van der Waals surface area contributed by atoms with Gasteiger partial charge < -0.3 is 10.1 Å². The molecule has 0 spiro atoms. The van der Waals surface area contributed by atoms with Crippen molar-refractivity contribution < 1.29 is 24.4 Å². The zero-order valence-electron chi connectivity index (χ0n) is 16.1. The molecule has 2 N–H and O–H groups in total. The first kappa shape index (κ1) is 18.4. The predicted molar refractivity (Wildman–Crippen MR) is 101 cm³/mol. The Kier molecular flexibility index (Phi) is 4.31. The summed E-state index contributed by atoms with van der Waals surface area (Å²) in [5.74, 6) is -2.54. The van der Waals surface area contributed by atoms with E-state index in [1.807, 2.05) is 66.8 Å². The van der Waals surface area contributed by atoms with E-state index < -0.39 is 23.3 Å². The first-order valence-electron chi connectivity index (χ1n) is 9.30. The number of quaternary nitrogens is 1. The van der Waals surface area contributed by atoms with Gasteiger partial charge in [0, 0.05) is 18.2 Å². The van der Waals surface area contributed by atoms with Gasteiger partial charge in [-0.2, -0.15) is 0 Å². The van der Waals surface area contributed by atoms with Crippen LogP contribution in [0.15, 0.2) is 54.6 Å². The maximum atomic E-state index is 13.2. The summed E-state index contributed by atoms with van der Waals surface area (Å²) in [6.07, 6.45) is 0. The second kappa shape index (κ2) is 6.56. The van der Waals surface area contributed by atoms with Crippen molar-refractivity contribution in [3.8, 4) is 0 Å². The number of carbonyl (C=O) groups excluding carboxylic acids is 3. The molecule has 2 saturated heterocycles. The van der Waals surface area contributed by atoms with Gasteiger partial charge >= 0.3 is 5.97 Å². The molecule has 28 heavy (non-hydrogen) atoms. The van der Waals surface area contributed by atoms with Crippen LogP contribution in [0, 0.1) is 18.8 Å². The fourth-order valence-electron chi connectivity index (χ4n) is 4.88. The van der Waals surface area contributed by atoms with E-state index in [0.29, 0.717) is 5.56 Å². The highest BCUT2D eigenvalue weighted by molar-refractivity contribution is 6.08. The van der Waals surface area contributed by atoms with Crippen LogP contribution in [0.1, 0.15) is 22.7 Å². The number of hydrogen-bond donors (Lipinski definition) is 1. The number of nitrogens with zero attached hydrogens (tertiary/aromatic N) is 1. The first-order valence-corrected chi connectivity index (χ1v) is 9.30. The summed E-state index contributed by atoms with van der Waals surface area (Å²) in [5, 5.41) is 1.87. The monoisotopic (exact) mass is 379 g/mol. The Morgan fingerprint density at radius 3 is 2.32 bits per heavy atom. The quantitative estimate of drug-likeness (QED) is 0.635. The Bertz CT molecular complexity index is 958. The third-order valence-corrected chi connectivity index (χ3v) is 6.21. The van der Waals surface area contributed by atoms with Crippen molar-refractivity contribution in [2.24, 2.45) is 11.8 Å². The maximum absolute atomic E-state index is 13.2. The molecule has 2 aromatic carbocycles. The first-order chi connectivity index (χ1) is 13.4. The fraction of sp³-hybridized carbons (Fsp3) is 0.318. The molecular formula is C22H23N2O4+. The van der Waals surface area contributed by atoms with Crippen molar-refractivity contribution in [3.63, 3.8) is 0 Å². The number of carbonyl (C=O) groups is 3. The Balaban J connectivity index is 1.97. The number of fused-ring (bicyclic) bond motifs is 1. The van der Waals surface area contributed by atoms with Gasteiger partial charge in [-0.1, -0.05) is 54.6 Å². The zero-order chi connectivity index (χ0) is 20.1. The summed E-state index contributed by atoms with van der Waals surface area (Å²) >= 11 is 0. The van der Waals surface area contributed by atoms with Crippen LogP contribution < -0.4 is 5.32 Å². The van der Waals surface area contributed by atoms with E-state index in [9.17, 15) is 14.4 Å². The third kappa shape index (κ3) is 2.34. The van der Waals surface area contributed by atoms with Gasteiger partial charge in [0.2, 0.25) is 17.4 Å². The molecule has 0 radical (unpaired) electrons. The predicted octanol–water partition coefficient (Wildman–Crippen LogP) is 0.913. The summed E-state index contributed by atoms with van der Waals surface area (Å²) in [5.41, 5.74) is 1.34. The molecule has 0 aromatic heterocycles. The lowest BCUT2D eigenvalue weighted by Gasteiger charge is -2.29. The van der Waals surface area contributed by atoms with Crippen LogP contribution in [0.2, 0.25) is 0 Å². The number of amides is 2. The van der Waals surface area contributed by atoms with Gasteiger partial charge in [-0.05, 0) is 12.5 Å². The molecule has 2 heterocycles. The van der Waals surface area contributed by atoms with E-state index in [-0.39, 0.29) is 17.9 Å². The van der Waals surface area contributed by atoms with Crippen LogP contribution in [0.5, 0.6) is 0 Å². The molecule has 0 bridgehead atoms. The van der Waals surface area contributed by atoms with E-state index in [1.54, 1.807) is 0 Å². The van der Waals surface area contributed by atoms with E-state index in [2.05, 4.69) is 0 Å². The van der Waals surface area contributed by atoms with E-state index in [0.717, 1.165) is 16.0 Å². The summed E-state index contributed by atoms with van der Waals surface area (Å²) in [6.45, 7) is 1.98. The average Bonchev–Trinajstić information content (AvgIpc) is 3.19. The van der Waals surface area contributed by atoms with Crippen LogP contribution in [0.25, 0.3) is 0 Å². The van der Waals surface area contributed by atoms with Crippen LogP contribution >= 0.6 is 0 Å². The molecular weight excluding hydrogens is 356 g/mol. The smallest absolute Gasteiger partial charge is 0.373 e. The molecule has 2 amide bonds. The number of benzene rings is 2. The summed E-state index contributed by atoms with van der Waals surface area (Å²) in [7, 11) is 2.81. The second-order valence-electron chi connectivity index (χ2n) is 7.51. The lowest BCUT2D eigenvalue weighted by Crippen LogP contribution is -2.96. The highest BCUT2D eigenvalue weighted by Gasteiger charge is 2.72. The van der Waals surface area contributed by atoms with Crippen molar-refractivity contribution in [2.75, 3.05) is 14.2 Å². The van der Waals surface area contributed by atoms with Crippen molar-refractivity contribution >= 4 is 17.8 Å². The largest absolute Gasteiger partial charge is 0.464 e. The van der Waals surface area contributed by atoms with Crippen LogP contribution in [-0.4, -0.2) is 36.8 Å². The Labute approximate surface area is 163 Å². The molecule has 6 nitrogen and oxygen atoms in total. The van der Waals surface area contributed by atoms with Crippen LogP contribution in [-0.2, 0) is 24.7 Å². The lowest BCUT2D eigenvalue weighted by atomic mass is 9.75. The number of methoxy groups -OCH3 is 1. The van der Waals surface area contributed by atoms with Crippen molar-refractivity contribution in [1.82, 2.24) is 4.90 Å². The molecule has 0 unspecified atom stereocenters. The summed E-state index contributed by atoms with van der Waals surface area (Å²) in [4.78, 5) is 40.5. The highest BCUT2D eigenvalue weighted by atomic mass is 16.5. The number of rotatable bonds is 3. The number of nitrogens with two attached hydrogens (primary N) is 1. The van der Waals surface area contributed by atoms with Gasteiger partial charge in [0.15, 0.2) is 0 Å². The Hall–Kier alpha value is -2.99. The molecule has 4 atom stereocenters. The van der Waals surface area contributed by atoms with E-state index >= 15 is 0 Å². The topological polar surface area (TPSA) is 80.3 Å². The minimum atomic E-state index is -1.30. The van der Waals surface area contributed by atoms with Gasteiger partial charge in [0.1, 0.15) is 17.9 Å². The molecule has 0 saturated carbocycles. The van der Waals surface area contributed by atoms with Gasteiger partial charge in [0.05, 0.1) is 7.11 Å². The molecule has 144 valence electrons. The molecule has 2 fully saturated rings. The fourth-order valence-corrected chi connectivity index (χ4v) is 4.88. The highest BCUT2D eigenvalue weighted by Crippen LogP contribution is 2.48. The standard InChI is InChI=1S/C22H22N2O4/c1-13-9-7-8-12-15(13)18-16-17(20(26)24(2)19(16)25)22(23-18,21(27)28-3)14-10-5-4-6-11-14/h4-12,16-18,23H,1-3H3/p+1/t16-,17+,18+,22+/m1/s1. The van der Waals surface area contributed by atoms with Crippen LogP contribution in [0.3, 0.4) is 0 Å². The third-order valence-electron chi connectivity index (χ3n) is 6.21. The van der Waals surface area contributed by atoms with E-state index in [1.165, 1.54) is 14.2 Å². The maximum Gasteiger partial charge on any atom is 0.373 e. The number of ether oxygens (including phenoxy) is 1. The molecule has 2 aromatic rings. The Morgan fingerprint density at radius 2 is 1.68 bits per heavy atom. The number of likely N-dealkylation sites (tertiary alicyclic amines) is 1. The Morgan fingerprint density at radius 1 is 1.04 bits per heavy atom. The SMILES string of the molecule is COC(=O)[C@@]1(c2ccccc2)[NH2+][C@@H](c2ccccc2C)[C@@H]2C(=O)N(C)C(=O)[C@H]21. The van der Waals surface area contributed by atoms with Crippen molar-refractivity contribution in [3.05, 3.63) is 71.3 Å². The number of esters is 1. The zero-order valence-corrected chi connectivity index (χ0v) is 16.1. The van der Waals surface area contributed by atoms with Gasteiger partial charge in [-0.15, -0.1) is 0 Å². The van der Waals surface area contributed by atoms with Crippen LogP contribution in [0.4, 0.5) is 0 Å². The van der Waals surface area contributed by atoms with Gasteiger partial charge in [-0.25, -0.2) is 4.79 Å². The number of hydrogen-bond acceptors (Lipinski definition) is 4. The molecule has 2 aliphatic rings. The molecule has 2 aliphatic heterocycles. The van der Waals surface area contributed by atoms with Crippen molar-refractivity contribution in [2.45, 2.75) is 18.5 Å². The van der Waals surface area contributed by atoms with Crippen molar-refractivity contribution in [1.29, 1.82) is 0 Å². The molecule has 0 aliphatic carbocycles. The molecule has 6 heteroatoms. The summed E-state index contributed by atoms with van der Waals surface area (Å²) < 4.78 is 5.18. The second-order valence-corrected chi connectivity index (χ2v) is 7.51. The summed E-state index contributed by atoms with van der Waals surface area (Å²) in [6, 6.07) is 16.6. The minimum absolute atomic E-state index is 0.249. The minimum Gasteiger partial charge on any atom is -0.464 e. The number of aryl methyl sites for hydroxylation is 1. The van der Waals surface area contributed by atoms with Gasteiger partial charge in [-0.3, -0.25) is 14.5 Å². The van der Waals surface area contributed by atoms with Gasteiger partial charge in [0.25, 0.3) is 0 Å². The normalized spacial score (nSPS) is 29.1. The average molecular weight is 379 g/mol. The number of imide groups is 1. The molecule has 4 rings (SSSR count).